The smallest absolute Gasteiger partial charge is 0.114 e. The Balaban J connectivity index is 2.04. The molecule has 23 heavy (non-hydrogen) atoms. The van der Waals surface area contributed by atoms with Gasteiger partial charge >= 0.3 is 0 Å². The zero-order chi connectivity index (χ0) is 17.3. The first-order chi connectivity index (χ1) is 10.7. The van der Waals surface area contributed by atoms with Gasteiger partial charge in [0, 0.05) is 19.1 Å². The highest BCUT2D eigenvalue weighted by Gasteiger charge is 2.44. The third-order valence-corrected chi connectivity index (χ3v) is 7.00. The van der Waals surface area contributed by atoms with Crippen LogP contribution < -0.4 is 0 Å². The lowest BCUT2D eigenvalue weighted by Crippen LogP contribution is -2.51. The topological polar surface area (TPSA) is 6.48 Å². The number of alkyl halides is 1. The van der Waals surface area contributed by atoms with Gasteiger partial charge in [0.2, 0.25) is 0 Å². The van der Waals surface area contributed by atoms with Crippen LogP contribution in [0.1, 0.15) is 66.7 Å². The van der Waals surface area contributed by atoms with E-state index in [-0.39, 0.29) is 6.04 Å². The van der Waals surface area contributed by atoms with Gasteiger partial charge in [0.15, 0.2) is 0 Å². The Labute approximate surface area is 144 Å². The fourth-order valence-electron chi connectivity index (χ4n) is 4.81. The van der Waals surface area contributed by atoms with Gasteiger partial charge in [-0.25, -0.2) is 14.4 Å². The van der Waals surface area contributed by atoms with Crippen LogP contribution in [0.25, 0.3) is 0 Å². The Kier molecular flexibility index (Phi) is 6.58. The molecule has 0 amide bonds. The highest BCUT2D eigenvalue weighted by atomic mass is 19.1. The van der Waals surface area contributed by atoms with Crippen LogP contribution in [0.15, 0.2) is 0 Å². The molecular formula is C19H36BFN2. The van der Waals surface area contributed by atoms with Crippen molar-refractivity contribution >= 4 is 7.85 Å². The summed E-state index contributed by atoms with van der Waals surface area (Å²) in [5, 5.41) is 4.63. The maximum absolute atomic E-state index is 14.5. The van der Waals surface area contributed by atoms with Crippen molar-refractivity contribution in [2.75, 3.05) is 7.05 Å². The average molecular weight is 322 g/mol. The average Bonchev–Trinajstić information content (AvgIpc) is 2.69. The van der Waals surface area contributed by atoms with Crippen LogP contribution in [-0.2, 0) is 0 Å². The Bertz CT molecular complexity index is 356. The fourth-order valence-corrected chi connectivity index (χ4v) is 4.81. The summed E-state index contributed by atoms with van der Waals surface area (Å²) in [6, 6.07) is 0.882. The normalized spacial score (nSPS) is 40.9. The highest BCUT2D eigenvalue weighted by Crippen LogP contribution is 2.39. The predicted octanol–water partition coefficient (Wildman–Crippen LogP) is 4.46. The molecule has 1 aliphatic heterocycles. The van der Waals surface area contributed by atoms with Gasteiger partial charge in [0.25, 0.3) is 0 Å². The molecule has 2 aliphatic rings. The van der Waals surface area contributed by atoms with Crippen LogP contribution in [0.5, 0.6) is 0 Å². The van der Waals surface area contributed by atoms with Crippen LogP contribution in [-0.4, -0.2) is 49.2 Å². The van der Waals surface area contributed by atoms with E-state index < -0.39 is 6.17 Å². The maximum atomic E-state index is 14.5. The summed E-state index contributed by atoms with van der Waals surface area (Å²) in [6.07, 6.45) is 4.86. The molecule has 1 saturated heterocycles. The number of nitrogens with zero attached hydrogens (tertiary/aromatic N) is 2. The molecule has 6 unspecified atom stereocenters. The minimum absolute atomic E-state index is 0.00648. The molecule has 132 valence electrons. The molecule has 2 nitrogen and oxygen atoms in total. The molecule has 0 spiro atoms. The minimum Gasteiger partial charge on any atom is -0.246 e. The predicted molar refractivity (Wildman–Crippen MR) is 97.3 cm³/mol. The van der Waals surface area contributed by atoms with Gasteiger partial charge in [-0.05, 0) is 44.9 Å². The maximum Gasteiger partial charge on any atom is 0.114 e. The summed E-state index contributed by atoms with van der Waals surface area (Å²) in [5.41, 5.74) is 0. The molecule has 0 N–H and O–H groups in total. The van der Waals surface area contributed by atoms with Crippen LogP contribution in [0, 0.1) is 17.8 Å². The minimum atomic E-state index is -0.800. The third-order valence-electron chi connectivity index (χ3n) is 7.00. The number of hydrazine groups is 1. The summed E-state index contributed by atoms with van der Waals surface area (Å²) in [6.45, 7) is 10.9. The lowest BCUT2D eigenvalue weighted by molar-refractivity contribution is -0.0681. The highest BCUT2D eigenvalue weighted by molar-refractivity contribution is 6.11. The largest absolute Gasteiger partial charge is 0.246 e. The standard InChI is InChI=1S/C19H36BFN2/c1-12(17-7-9-18(20)10-8-17)11-19(14(3)21)23-16(5)13(2)15(4)22(23)6/h12-19H,7-11H2,1-6H3. The Hall–Kier alpha value is -0.0851. The molecule has 0 aromatic heterocycles. The second-order valence-electron chi connectivity index (χ2n) is 8.43. The van der Waals surface area contributed by atoms with Crippen LogP contribution in [0.2, 0.25) is 5.82 Å². The van der Waals surface area contributed by atoms with Crippen molar-refractivity contribution in [1.82, 2.24) is 10.0 Å². The van der Waals surface area contributed by atoms with Gasteiger partial charge in [0.1, 0.15) is 6.17 Å². The third kappa shape index (κ3) is 4.12. The van der Waals surface area contributed by atoms with Gasteiger partial charge in [-0.15, -0.1) is 0 Å². The summed E-state index contributed by atoms with van der Waals surface area (Å²) in [7, 11) is 8.17. The van der Waals surface area contributed by atoms with Gasteiger partial charge in [-0.2, -0.15) is 0 Å². The molecule has 1 heterocycles. The first kappa shape index (κ1) is 19.2. The van der Waals surface area contributed by atoms with E-state index in [1.54, 1.807) is 6.92 Å². The molecule has 2 fully saturated rings. The zero-order valence-electron chi connectivity index (χ0n) is 16.0. The fraction of sp³-hybridized carbons (Fsp3) is 1.00. The van der Waals surface area contributed by atoms with E-state index in [2.05, 4.69) is 44.8 Å². The lowest BCUT2D eigenvalue weighted by atomic mass is 9.68. The van der Waals surface area contributed by atoms with Crippen molar-refractivity contribution in [1.29, 1.82) is 0 Å². The Morgan fingerprint density at radius 1 is 1.04 bits per heavy atom. The second-order valence-corrected chi connectivity index (χ2v) is 8.43. The molecule has 1 saturated carbocycles. The number of hydrogen-bond donors (Lipinski definition) is 0. The molecule has 0 bridgehead atoms. The van der Waals surface area contributed by atoms with E-state index in [0.717, 1.165) is 19.3 Å². The molecule has 1 aliphatic carbocycles. The van der Waals surface area contributed by atoms with Crippen molar-refractivity contribution in [2.24, 2.45) is 17.8 Å². The zero-order valence-corrected chi connectivity index (χ0v) is 16.0. The second kappa shape index (κ2) is 7.86. The first-order valence-corrected chi connectivity index (χ1v) is 9.64. The monoisotopic (exact) mass is 322 g/mol. The quantitative estimate of drug-likeness (QED) is 0.690. The molecule has 4 heteroatoms. The summed E-state index contributed by atoms with van der Waals surface area (Å²) >= 11 is 0. The molecule has 2 radical (unpaired) electrons. The van der Waals surface area contributed by atoms with Gasteiger partial charge in [-0.3, -0.25) is 0 Å². The van der Waals surface area contributed by atoms with Crippen molar-refractivity contribution < 1.29 is 4.39 Å². The van der Waals surface area contributed by atoms with Crippen molar-refractivity contribution in [3.63, 3.8) is 0 Å². The van der Waals surface area contributed by atoms with E-state index in [1.807, 2.05) is 0 Å². The molecule has 2 rings (SSSR count). The SMILES string of the molecule is [B]C1CCC(C(C)CC(C(C)F)N2C(C)C(C)C(C)N2C)CC1. The van der Waals surface area contributed by atoms with Crippen molar-refractivity contribution in [3.8, 4) is 0 Å². The first-order valence-electron chi connectivity index (χ1n) is 9.64. The van der Waals surface area contributed by atoms with Crippen molar-refractivity contribution in [3.05, 3.63) is 0 Å². The van der Waals surface area contributed by atoms with E-state index in [4.69, 9.17) is 7.85 Å². The van der Waals surface area contributed by atoms with Gasteiger partial charge in [-0.1, -0.05) is 45.3 Å². The lowest BCUT2D eigenvalue weighted by Gasteiger charge is -2.41. The summed E-state index contributed by atoms with van der Waals surface area (Å²) in [4.78, 5) is 0. The van der Waals surface area contributed by atoms with Gasteiger partial charge < -0.3 is 0 Å². The Morgan fingerprint density at radius 2 is 1.61 bits per heavy atom. The molecule has 6 atom stereocenters. The summed E-state index contributed by atoms with van der Waals surface area (Å²) < 4.78 is 14.5. The van der Waals surface area contributed by atoms with Crippen LogP contribution in [0.3, 0.4) is 0 Å². The molecular weight excluding hydrogens is 286 g/mol. The van der Waals surface area contributed by atoms with E-state index >= 15 is 0 Å². The molecule has 0 aromatic rings. The van der Waals surface area contributed by atoms with Gasteiger partial charge in [0.05, 0.1) is 13.9 Å². The Morgan fingerprint density at radius 3 is 2.04 bits per heavy atom. The molecule has 0 aromatic carbocycles. The van der Waals surface area contributed by atoms with E-state index in [1.165, 1.54) is 12.8 Å². The van der Waals surface area contributed by atoms with E-state index in [0.29, 0.717) is 35.7 Å². The van der Waals surface area contributed by atoms with E-state index in [9.17, 15) is 4.39 Å². The summed E-state index contributed by atoms with van der Waals surface area (Å²) in [5.74, 6) is 2.25. The van der Waals surface area contributed by atoms with Crippen LogP contribution in [0.4, 0.5) is 4.39 Å². The van der Waals surface area contributed by atoms with Crippen molar-refractivity contribution in [2.45, 2.75) is 96.8 Å². The number of halogens is 1. The number of rotatable bonds is 5. The van der Waals surface area contributed by atoms with Crippen LogP contribution >= 0.6 is 0 Å². The number of hydrogen-bond acceptors (Lipinski definition) is 2.